The Morgan fingerprint density at radius 2 is 1.68 bits per heavy atom. The van der Waals surface area contributed by atoms with Crippen LogP contribution in [-0.2, 0) is 25.7 Å². The molecule has 1 fully saturated rings. The number of urea groups is 1. The lowest BCUT2D eigenvalue weighted by Gasteiger charge is -2.35. The molecule has 2 amide bonds. The predicted octanol–water partition coefficient (Wildman–Crippen LogP) is 4.33. The Morgan fingerprint density at radius 1 is 1.03 bits per heavy atom. The molecule has 14 heteroatoms. The molecule has 0 atom stereocenters. The molecule has 1 saturated heterocycles. The van der Waals surface area contributed by atoms with Crippen molar-refractivity contribution < 1.29 is 35.9 Å². The highest BCUT2D eigenvalue weighted by molar-refractivity contribution is 7.89. The van der Waals surface area contributed by atoms with Crippen LogP contribution in [0.1, 0.15) is 24.8 Å². The Labute approximate surface area is 223 Å². The maximum Gasteiger partial charge on any atom is 0.416 e. The molecule has 0 unspecified atom stereocenters. The van der Waals surface area contributed by atoms with Gasteiger partial charge < -0.3 is 20.3 Å². The SMILES string of the molecule is COC(=O)CCCCNC(=O)Nc1ccc(S(=O)(=O)N2CCN(c3cc(Cl)cc(C(F)(F)F)c3)CC2)cc1. The first kappa shape index (κ1) is 29.5. The highest BCUT2D eigenvalue weighted by Crippen LogP contribution is 2.35. The van der Waals surface area contributed by atoms with Gasteiger partial charge >= 0.3 is 18.2 Å². The molecule has 2 N–H and O–H groups in total. The average Bonchev–Trinajstić information content (AvgIpc) is 2.88. The highest BCUT2D eigenvalue weighted by Gasteiger charge is 2.33. The van der Waals surface area contributed by atoms with Gasteiger partial charge in [-0.05, 0) is 55.3 Å². The molecule has 9 nitrogen and oxygen atoms in total. The molecule has 0 radical (unpaired) electrons. The molecule has 0 spiro atoms. The standard InChI is InChI=1S/C24H28ClF3N4O5S/c1-37-22(33)4-2-3-9-29-23(34)30-19-5-7-21(8-6-19)38(35,36)32-12-10-31(11-13-32)20-15-17(24(26,27)28)14-18(25)16-20/h5-8,14-16H,2-4,9-13H2,1H3,(H2,29,30,34). The average molecular weight is 577 g/mol. The number of hydrogen-bond acceptors (Lipinski definition) is 6. The number of ether oxygens (including phenoxy) is 1. The lowest BCUT2D eigenvalue weighted by atomic mass is 10.1. The molecule has 1 aliphatic rings. The van der Waals surface area contributed by atoms with E-state index in [0.717, 1.165) is 12.1 Å². The smallest absolute Gasteiger partial charge is 0.416 e. The number of carbonyl (C=O) groups excluding carboxylic acids is 2. The number of hydrogen-bond donors (Lipinski definition) is 2. The molecule has 38 heavy (non-hydrogen) atoms. The van der Waals surface area contributed by atoms with E-state index >= 15 is 0 Å². The Kier molecular flexibility index (Phi) is 9.85. The van der Waals surface area contributed by atoms with Crippen molar-refractivity contribution in [2.75, 3.05) is 50.1 Å². The van der Waals surface area contributed by atoms with Gasteiger partial charge in [-0.25, -0.2) is 13.2 Å². The number of nitrogens with zero attached hydrogens (tertiary/aromatic N) is 2. The fraction of sp³-hybridized carbons (Fsp3) is 0.417. The molecular formula is C24H28ClF3N4O5S. The van der Waals surface area contributed by atoms with E-state index < -0.39 is 27.8 Å². The van der Waals surface area contributed by atoms with Crippen LogP contribution < -0.4 is 15.5 Å². The number of anilines is 2. The number of unbranched alkanes of at least 4 members (excludes halogenated alkanes) is 1. The zero-order valence-corrected chi connectivity index (χ0v) is 22.1. The third-order valence-corrected chi connectivity index (χ3v) is 8.02. The molecule has 3 rings (SSSR count). The zero-order chi connectivity index (χ0) is 27.9. The van der Waals surface area contributed by atoms with E-state index in [0.29, 0.717) is 25.1 Å². The predicted molar refractivity (Wildman–Crippen MR) is 137 cm³/mol. The minimum Gasteiger partial charge on any atom is -0.469 e. The first-order valence-corrected chi connectivity index (χ1v) is 13.6. The fourth-order valence-corrected chi connectivity index (χ4v) is 5.49. The van der Waals surface area contributed by atoms with E-state index in [1.807, 2.05) is 0 Å². The van der Waals surface area contributed by atoms with Crippen LogP contribution in [0.25, 0.3) is 0 Å². The summed E-state index contributed by atoms with van der Waals surface area (Å²) in [6, 6.07) is 8.48. The van der Waals surface area contributed by atoms with E-state index in [2.05, 4.69) is 15.4 Å². The van der Waals surface area contributed by atoms with Gasteiger partial charge in [0.15, 0.2) is 0 Å². The summed E-state index contributed by atoms with van der Waals surface area (Å²) in [6.45, 7) is 0.893. The minimum atomic E-state index is -4.54. The van der Waals surface area contributed by atoms with Gasteiger partial charge in [0, 0.05) is 55.5 Å². The van der Waals surface area contributed by atoms with Crippen LogP contribution >= 0.6 is 11.6 Å². The maximum absolute atomic E-state index is 13.1. The van der Waals surface area contributed by atoms with Crippen LogP contribution in [-0.4, -0.2) is 64.6 Å². The number of benzene rings is 2. The molecule has 2 aromatic carbocycles. The van der Waals surface area contributed by atoms with Crippen LogP contribution in [0.5, 0.6) is 0 Å². The molecule has 0 bridgehead atoms. The normalized spacial score (nSPS) is 14.7. The van der Waals surface area contributed by atoms with Crippen molar-refractivity contribution in [2.45, 2.75) is 30.3 Å². The third-order valence-electron chi connectivity index (χ3n) is 5.88. The number of esters is 1. The number of halogens is 4. The summed E-state index contributed by atoms with van der Waals surface area (Å²) in [7, 11) is -2.54. The quantitative estimate of drug-likeness (QED) is 0.340. The van der Waals surface area contributed by atoms with Gasteiger partial charge in [0.25, 0.3) is 0 Å². The zero-order valence-electron chi connectivity index (χ0n) is 20.6. The molecular weight excluding hydrogens is 549 g/mol. The number of piperazine rings is 1. The van der Waals surface area contributed by atoms with Crippen molar-refractivity contribution in [3.8, 4) is 0 Å². The summed E-state index contributed by atoms with van der Waals surface area (Å²) in [5.74, 6) is -0.313. The molecule has 2 aromatic rings. The van der Waals surface area contributed by atoms with Crippen LogP contribution in [0.15, 0.2) is 47.4 Å². The second-order valence-electron chi connectivity index (χ2n) is 8.53. The van der Waals surface area contributed by atoms with Crippen LogP contribution in [0.4, 0.5) is 29.3 Å². The number of rotatable bonds is 9. The van der Waals surface area contributed by atoms with E-state index in [1.54, 1.807) is 4.90 Å². The first-order chi connectivity index (χ1) is 17.9. The number of carbonyl (C=O) groups is 2. The maximum atomic E-state index is 13.1. The lowest BCUT2D eigenvalue weighted by molar-refractivity contribution is -0.140. The number of amides is 2. The molecule has 1 aliphatic heterocycles. The van der Waals surface area contributed by atoms with Crippen molar-refractivity contribution in [3.63, 3.8) is 0 Å². The Balaban J connectivity index is 1.53. The molecule has 0 saturated carbocycles. The fourth-order valence-electron chi connectivity index (χ4n) is 3.84. The van der Waals surface area contributed by atoms with Crippen LogP contribution in [0.2, 0.25) is 5.02 Å². The molecule has 0 aromatic heterocycles. The Morgan fingerprint density at radius 3 is 2.29 bits per heavy atom. The first-order valence-electron chi connectivity index (χ1n) is 11.7. The summed E-state index contributed by atoms with van der Waals surface area (Å²) < 4.78 is 71.4. The van der Waals surface area contributed by atoms with Crippen molar-refractivity contribution in [1.29, 1.82) is 0 Å². The second-order valence-corrected chi connectivity index (χ2v) is 10.9. The number of methoxy groups -OCH3 is 1. The van der Waals surface area contributed by atoms with Gasteiger partial charge in [-0.3, -0.25) is 4.79 Å². The van der Waals surface area contributed by atoms with Crippen LogP contribution in [0, 0.1) is 0 Å². The van der Waals surface area contributed by atoms with Gasteiger partial charge in [0.05, 0.1) is 17.6 Å². The van der Waals surface area contributed by atoms with Gasteiger partial charge in [0.2, 0.25) is 10.0 Å². The minimum absolute atomic E-state index is 0.0295. The Hall–Kier alpha value is -3.03. The van der Waals surface area contributed by atoms with E-state index in [9.17, 15) is 31.2 Å². The van der Waals surface area contributed by atoms with E-state index in [1.165, 1.54) is 41.7 Å². The van der Waals surface area contributed by atoms with Crippen molar-refractivity contribution in [3.05, 3.63) is 53.1 Å². The van der Waals surface area contributed by atoms with Gasteiger partial charge in [-0.2, -0.15) is 17.5 Å². The second kappa shape index (κ2) is 12.7. The topological polar surface area (TPSA) is 108 Å². The van der Waals surface area contributed by atoms with E-state index in [-0.39, 0.29) is 54.2 Å². The number of sulfonamides is 1. The Bertz CT molecular complexity index is 1230. The highest BCUT2D eigenvalue weighted by atomic mass is 35.5. The van der Waals surface area contributed by atoms with Crippen molar-refractivity contribution >= 4 is 45.0 Å². The van der Waals surface area contributed by atoms with Crippen LogP contribution in [0.3, 0.4) is 0 Å². The molecule has 208 valence electrons. The van der Waals surface area contributed by atoms with Gasteiger partial charge in [-0.1, -0.05) is 11.6 Å². The van der Waals surface area contributed by atoms with Gasteiger partial charge in [0.1, 0.15) is 0 Å². The summed E-state index contributed by atoms with van der Waals surface area (Å²) in [6.07, 6.45) is -3.11. The lowest BCUT2D eigenvalue weighted by Crippen LogP contribution is -2.48. The summed E-state index contributed by atoms with van der Waals surface area (Å²) in [4.78, 5) is 24.8. The number of nitrogens with one attached hydrogen (secondary N) is 2. The summed E-state index contributed by atoms with van der Waals surface area (Å²) in [5, 5.41) is 5.20. The van der Waals surface area contributed by atoms with Crippen molar-refractivity contribution in [1.82, 2.24) is 9.62 Å². The third kappa shape index (κ3) is 7.98. The summed E-state index contributed by atoms with van der Waals surface area (Å²) in [5.41, 5.74) is -0.197. The molecule has 1 heterocycles. The largest absolute Gasteiger partial charge is 0.469 e. The summed E-state index contributed by atoms with van der Waals surface area (Å²) >= 11 is 5.88. The van der Waals surface area contributed by atoms with Crippen molar-refractivity contribution in [2.24, 2.45) is 0 Å². The molecule has 0 aliphatic carbocycles. The number of alkyl halides is 3. The van der Waals surface area contributed by atoms with E-state index in [4.69, 9.17) is 11.6 Å². The van der Waals surface area contributed by atoms with Gasteiger partial charge in [-0.15, -0.1) is 0 Å². The monoisotopic (exact) mass is 576 g/mol.